The van der Waals surface area contributed by atoms with Gasteiger partial charge in [0.15, 0.2) is 11.4 Å². The summed E-state index contributed by atoms with van der Waals surface area (Å²) < 4.78 is 16.8. The molecule has 0 radical (unpaired) electrons. The van der Waals surface area contributed by atoms with Gasteiger partial charge in [0, 0.05) is 22.6 Å². The average molecular weight is 621 g/mol. The lowest BCUT2D eigenvalue weighted by Gasteiger charge is -2.19. The molecule has 0 fully saturated rings. The molecule has 0 aliphatic rings. The van der Waals surface area contributed by atoms with Crippen LogP contribution in [0.25, 0.3) is 11.0 Å². The molecule has 0 bridgehead atoms. The largest absolute Gasteiger partial charge is 0.497 e. The van der Waals surface area contributed by atoms with Gasteiger partial charge in [0.05, 0.1) is 18.2 Å². The van der Waals surface area contributed by atoms with Gasteiger partial charge < -0.3 is 24.8 Å². The van der Waals surface area contributed by atoms with Gasteiger partial charge >= 0.3 is 6.09 Å². The second-order valence-corrected chi connectivity index (χ2v) is 11.8. The molecule has 11 nitrogen and oxygen atoms in total. The second kappa shape index (κ2) is 13.5. The Hall–Kier alpha value is -5.71. The van der Waals surface area contributed by atoms with E-state index in [9.17, 15) is 9.59 Å². The fraction of sp³-hybridized carbons (Fsp3) is 0.229. The first-order valence-corrected chi connectivity index (χ1v) is 14.7. The number of fused-ring (bicyclic) bond motifs is 1. The maximum Gasteiger partial charge on any atom is 0.412 e. The zero-order chi connectivity index (χ0) is 32.8. The summed E-state index contributed by atoms with van der Waals surface area (Å²) in [6, 6.07) is 22.9. The number of methoxy groups -OCH3 is 1. The Bertz CT molecular complexity index is 1850. The first-order valence-electron chi connectivity index (χ1n) is 14.7. The molecule has 3 aromatic carbocycles. The van der Waals surface area contributed by atoms with Crippen molar-refractivity contribution >= 4 is 45.9 Å². The van der Waals surface area contributed by atoms with Crippen LogP contribution in [0.3, 0.4) is 0 Å². The SMILES string of the molecule is COc1ccc(C(=O)Nc2ccc(Oc3ccc(NC(=O)OC(C)(C)C)cc3)c(Nc3ncnc4nc(C(C)C)ccc34)c2)cc1. The number of nitrogens with one attached hydrogen (secondary N) is 3. The van der Waals surface area contributed by atoms with Crippen LogP contribution in [-0.2, 0) is 4.74 Å². The van der Waals surface area contributed by atoms with Crippen molar-refractivity contribution in [2.75, 3.05) is 23.1 Å². The Labute approximate surface area is 267 Å². The van der Waals surface area contributed by atoms with Crippen LogP contribution in [0.5, 0.6) is 17.2 Å². The van der Waals surface area contributed by atoms with E-state index in [-0.39, 0.29) is 11.8 Å². The highest BCUT2D eigenvalue weighted by molar-refractivity contribution is 6.04. The van der Waals surface area contributed by atoms with Gasteiger partial charge in [-0.2, -0.15) is 0 Å². The summed E-state index contributed by atoms with van der Waals surface area (Å²) in [6.45, 7) is 9.55. The fourth-order valence-electron chi connectivity index (χ4n) is 4.40. The van der Waals surface area contributed by atoms with Gasteiger partial charge in [-0.25, -0.2) is 19.7 Å². The summed E-state index contributed by atoms with van der Waals surface area (Å²) in [5.41, 5.74) is 2.97. The van der Waals surface area contributed by atoms with Gasteiger partial charge in [0.2, 0.25) is 0 Å². The third-order valence-electron chi connectivity index (χ3n) is 6.68. The molecule has 0 aliphatic heterocycles. The number of hydrogen-bond donors (Lipinski definition) is 3. The third kappa shape index (κ3) is 8.06. The lowest BCUT2D eigenvalue weighted by Crippen LogP contribution is -2.27. The topological polar surface area (TPSA) is 137 Å². The van der Waals surface area contributed by atoms with Crippen molar-refractivity contribution in [3.8, 4) is 17.2 Å². The summed E-state index contributed by atoms with van der Waals surface area (Å²) in [4.78, 5) is 38.7. The van der Waals surface area contributed by atoms with E-state index >= 15 is 0 Å². The maximum absolute atomic E-state index is 13.0. The number of hydrogen-bond acceptors (Lipinski definition) is 9. The molecule has 2 aromatic heterocycles. The number of nitrogens with zero attached hydrogens (tertiary/aromatic N) is 3. The van der Waals surface area contributed by atoms with E-state index in [1.807, 2.05) is 12.1 Å². The van der Waals surface area contributed by atoms with Gasteiger partial charge in [-0.15, -0.1) is 0 Å². The molecule has 2 amide bonds. The molecule has 0 aliphatic carbocycles. The zero-order valence-corrected chi connectivity index (χ0v) is 26.5. The highest BCUT2D eigenvalue weighted by Crippen LogP contribution is 2.36. The van der Waals surface area contributed by atoms with Crippen LogP contribution < -0.4 is 25.4 Å². The standard InChI is InChI=1S/C35H36N6O5/c1-21(2)28-17-16-27-31(40-28)36-20-37-32(27)41-29-19-24(38-33(42)22-7-12-25(44-6)13-8-22)11-18-30(29)45-26-14-9-23(10-15-26)39-34(43)46-35(3,4)5/h7-21H,1-6H3,(H,38,42)(H,39,43)(H,36,37,40,41). The zero-order valence-electron chi connectivity index (χ0n) is 26.5. The van der Waals surface area contributed by atoms with Crippen molar-refractivity contribution in [3.63, 3.8) is 0 Å². The van der Waals surface area contributed by atoms with E-state index in [0.717, 1.165) is 11.1 Å². The molecule has 0 unspecified atom stereocenters. The molecule has 46 heavy (non-hydrogen) atoms. The lowest BCUT2D eigenvalue weighted by molar-refractivity contribution is 0.0635. The van der Waals surface area contributed by atoms with Gasteiger partial charge in [-0.3, -0.25) is 10.1 Å². The highest BCUT2D eigenvalue weighted by atomic mass is 16.6. The van der Waals surface area contributed by atoms with Crippen LogP contribution in [0.2, 0.25) is 0 Å². The van der Waals surface area contributed by atoms with E-state index < -0.39 is 11.7 Å². The van der Waals surface area contributed by atoms with E-state index in [2.05, 4.69) is 39.8 Å². The normalized spacial score (nSPS) is 11.2. The van der Waals surface area contributed by atoms with Crippen molar-refractivity contribution in [1.82, 2.24) is 15.0 Å². The van der Waals surface area contributed by atoms with Crippen LogP contribution >= 0.6 is 0 Å². The molecule has 5 aromatic rings. The minimum Gasteiger partial charge on any atom is -0.497 e. The Morgan fingerprint density at radius 2 is 1.50 bits per heavy atom. The summed E-state index contributed by atoms with van der Waals surface area (Å²) >= 11 is 0. The molecule has 3 N–H and O–H groups in total. The molecule has 236 valence electrons. The van der Waals surface area contributed by atoms with Gasteiger partial charge in [0.1, 0.15) is 29.2 Å². The number of anilines is 4. The third-order valence-corrected chi connectivity index (χ3v) is 6.68. The molecule has 11 heteroatoms. The van der Waals surface area contributed by atoms with Crippen molar-refractivity contribution in [1.29, 1.82) is 0 Å². The molecule has 0 saturated heterocycles. The summed E-state index contributed by atoms with van der Waals surface area (Å²) in [7, 11) is 1.57. The minimum absolute atomic E-state index is 0.243. The Kier molecular flexibility index (Phi) is 9.31. The second-order valence-electron chi connectivity index (χ2n) is 11.8. The molecule has 2 heterocycles. The molecule has 5 rings (SSSR count). The van der Waals surface area contributed by atoms with Crippen LogP contribution in [0.15, 0.2) is 85.2 Å². The number of amides is 2. The number of carbonyl (C=O) groups is 2. The van der Waals surface area contributed by atoms with Crippen molar-refractivity contribution in [3.05, 3.63) is 96.4 Å². The van der Waals surface area contributed by atoms with Crippen molar-refractivity contribution < 1.29 is 23.8 Å². The van der Waals surface area contributed by atoms with E-state index in [0.29, 0.717) is 51.3 Å². The first kappa shape index (κ1) is 31.7. The molecule has 0 spiro atoms. The summed E-state index contributed by atoms with van der Waals surface area (Å²) in [6.07, 6.45) is 0.903. The number of carbonyl (C=O) groups excluding carboxylic acids is 2. The fourth-order valence-corrected chi connectivity index (χ4v) is 4.40. The predicted molar refractivity (Wildman–Crippen MR) is 178 cm³/mol. The Morgan fingerprint density at radius 3 is 2.17 bits per heavy atom. The van der Waals surface area contributed by atoms with Crippen LogP contribution in [0.4, 0.5) is 27.7 Å². The highest BCUT2D eigenvalue weighted by Gasteiger charge is 2.17. The van der Waals surface area contributed by atoms with Crippen LogP contribution in [-0.4, -0.2) is 39.7 Å². The van der Waals surface area contributed by atoms with E-state index in [1.165, 1.54) is 6.33 Å². The van der Waals surface area contributed by atoms with Gasteiger partial charge in [-0.05, 0) is 106 Å². The van der Waals surface area contributed by atoms with Crippen LogP contribution in [0, 0.1) is 0 Å². The minimum atomic E-state index is -0.613. The Morgan fingerprint density at radius 1 is 0.804 bits per heavy atom. The molecule has 0 saturated carbocycles. The van der Waals surface area contributed by atoms with Gasteiger partial charge in [0.25, 0.3) is 5.91 Å². The van der Waals surface area contributed by atoms with Crippen molar-refractivity contribution in [2.24, 2.45) is 0 Å². The number of pyridine rings is 1. The summed E-state index contributed by atoms with van der Waals surface area (Å²) in [5, 5.41) is 9.73. The van der Waals surface area contributed by atoms with Gasteiger partial charge in [-0.1, -0.05) is 13.8 Å². The predicted octanol–water partition coefficient (Wildman–Crippen LogP) is 8.29. The van der Waals surface area contributed by atoms with Crippen LogP contribution in [0.1, 0.15) is 56.6 Å². The molecular weight excluding hydrogens is 584 g/mol. The number of aromatic nitrogens is 3. The first-order chi connectivity index (χ1) is 22.0. The monoisotopic (exact) mass is 620 g/mol. The maximum atomic E-state index is 13.0. The van der Waals surface area contributed by atoms with E-state index in [4.69, 9.17) is 19.2 Å². The van der Waals surface area contributed by atoms with E-state index in [1.54, 1.807) is 94.6 Å². The lowest BCUT2D eigenvalue weighted by atomic mass is 10.1. The number of rotatable bonds is 9. The summed E-state index contributed by atoms with van der Waals surface area (Å²) in [5.74, 6) is 2.12. The molecule has 0 atom stereocenters. The number of benzene rings is 3. The van der Waals surface area contributed by atoms with Crippen molar-refractivity contribution in [2.45, 2.75) is 46.1 Å². The molecular formula is C35H36N6O5. The Balaban J connectivity index is 1.43. The average Bonchev–Trinajstić information content (AvgIpc) is 3.02. The number of ether oxygens (including phenoxy) is 3. The smallest absolute Gasteiger partial charge is 0.412 e. The quantitative estimate of drug-likeness (QED) is 0.149.